The van der Waals surface area contributed by atoms with Crippen LogP contribution in [0.2, 0.25) is 5.02 Å². The molecule has 0 aliphatic carbocycles. The van der Waals surface area contributed by atoms with Gasteiger partial charge >= 0.3 is 0 Å². The predicted molar refractivity (Wildman–Crippen MR) is 90.0 cm³/mol. The third kappa shape index (κ3) is 4.74. The smallest absolute Gasteiger partial charge is 0.198 e. The Kier molecular flexibility index (Phi) is 6.56. The van der Waals surface area contributed by atoms with E-state index in [4.69, 9.17) is 16.0 Å². The molecule has 2 aromatic rings. The molecule has 3 heteroatoms. The number of hydrogen-bond acceptors (Lipinski definition) is 2. The van der Waals surface area contributed by atoms with E-state index >= 15 is 0 Å². The molecule has 1 heterocycles. The fourth-order valence-corrected chi connectivity index (χ4v) is 2.99. The van der Waals surface area contributed by atoms with Gasteiger partial charge in [-0.25, -0.2) is 4.98 Å². The number of rotatable bonds is 9. The quantitative estimate of drug-likeness (QED) is 0.480. The van der Waals surface area contributed by atoms with Crippen LogP contribution in [0.3, 0.4) is 0 Å². The summed E-state index contributed by atoms with van der Waals surface area (Å²) in [5.74, 6) is 1.34. The first-order valence-corrected chi connectivity index (χ1v) is 8.68. The highest BCUT2D eigenvalue weighted by atomic mass is 35.5. The maximum Gasteiger partial charge on any atom is 0.198 e. The zero-order valence-corrected chi connectivity index (χ0v) is 14.0. The van der Waals surface area contributed by atoms with Crippen molar-refractivity contribution in [2.24, 2.45) is 0 Å². The van der Waals surface area contributed by atoms with Gasteiger partial charge in [0.2, 0.25) is 0 Å². The SMILES string of the molecule is CCCCCCCC(CCC)c1nc2ccc(Cl)cc2o1. The standard InChI is InChI=1S/C18H26ClNO/c1-3-5-6-7-8-10-14(9-4-2)18-20-16-12-11-15(19)13-17(16)21-18/h11-14H,3-10H2,1-2H3. The van der Waals surface area contributed by atoms with Crippen LogP contribution in [0.4, 0.5) is 0 Å². The first kappa shape index (κ1) is 16.4. The summed E-state index contributed by atoms with van der Waals surface area (Å²) in [6.45, 7) is 4.48. The first-order valence-electron chi connectivity index (χ1n) is 8.30. The second kappa shape index (κ2) is 8.43. The van der Waals surface area contributed by atoms with E-state index in [2.05, 4.69) is 18.8 Å². The van der Waals surface area contributed by atoms with Crippen molar-refractivity contribution in [3.63, 3.8) is 0 Å². The molecule has 0 saturated carbocycles. The van der Waals surface area contributed by atoms with E-state index in [0.717, 1.165) is 23.4 Å². The van der Waals surface area contributed by atoms with Crippen LogP contribution in [0.5, 0.6) is 0 Å². The number of aromatic nitrogens is 1. The normalized spacial score (nSPS) is 12.9. The average molecular weight is 308 g/mol. The van der Waals surface area contributed by atoms with Crippen LogP contribution in [0.15, 0.2) is 22.6 Å². The lowest BCUT2D eigenvalue weighted by Crippen LogP contribution is -1.99. The van der Waals surface area contributed by atoms with Crippen molar-refractivity contribution >= 4 is 22.7 Å². The van der Waals surface area contributed by atoms with Gasteiger partial charge < -0.3 is 4.42 Å². The summed E-state index contributed by atoms with van der Waals surface area (Å²) in [6, 6.07) is 5.67. The summed E-state index contributed by atoms with van der Waals surface area (Å²) in [6.07, 6.45) is 10.1. The molecular formula is C18H26ClNO. The van der Waals surface area contributed by atoms with Crippen molar-refractivity contribution in [2.75, 3.05) is 0 Å². The molecule has 2 rings (SSSR count). The van der Waals surface area contributed by atoms with Gasteiger partial charge in [0.25, 0.3) is 0 Å². The van der Waals surface area contributed by atoms with Gasteiger partial charge in [0.15, 0.2) is 11.5 Å². The molecular weight excluding hydrogens is 282 g/mol. The van der Waals surface area contributed by atoms with Crippen molar-refractivity contribution in [3.8, 4) is 0 Å². The van der Waals surface area contributed by atoms with Crippen LogP contribution in [-0.2, 0) is 0 Å². The number of hydrogen-bond donors (Lipinski definition) is 0. The molecule has 0 aliphatic heterocycles. The summed E-state index contributed by atoms with van der Waals surface area (Å²) in [5, 5.41) is 0.705. The van der Waals surface area contributed by atoms with Crippen LogP contribution in [-0.4, -0.2) is 4.98 Å². The average Bonchev–Trinajstić information content (AvgIpc) is 2.88. The zero-order chi connectivity index (χ0) is 15.1. The van der Waals surface area contributed by atoms with Crippen LogP contribution in [0.25, 0.3) is 11.1 Å². The second-order valence-corrected chi connectivity index (χ2v) is 6.29. The summed E-state index contributed by atoms with van der Waals surface area (Å²) < 4.78 is 5.95. The number of nitrogens with zero attached hydrogens (tertiary/aromatic N) is 1. The molecule has 0 saturated heterocycles. The molecule has 1 atom stereocenters. The number of unbranched alkanes of at least 4 members (excludes halogenated alkanes) is 4. The molecule has 0 amide bonds. The zero-order valence-electron chi connectivity index (χ0n) is 13.2. The Labute approximate surface area is 132 Å². The molecule has 1 unspecified atom stereocenters. The van der Waals surface area contributed by atoms with E-state index in [0.29, 0.717) is 10.9 Å². The van der Waals surface area contributed by atoms with Gasteiger partial charge in [0, 0.05) is 17.0 Å². The van der Waals surface area contributed by atoms with Crippen molar-refractivity contribution in [3.05, 3.63) is 29.1 Å². The van der Waals surface area contributed by atoms with E-state index in [9.17, 15) is 0 Å². The molecule has 0 radical (unpaired) electrons. The summed E-state index contributed by atoms with van der Waals surface area (Å²) in [5.41, 5.74) is 1.73. The van der Waals surface area contributed by atoms with Gasteiger partial charge in [-0.1, -0.05) is 64.0 Å². The molecule has 0 N–H and O–H groups in total. The molecule has 116 valence electrons. The van der Waals surface area contributed by atoms with Crippen molar-refractivity contribution in [2.45, 2.75) is 71.1 Å². The summed E-state index contributed by atoms with van der Waals surface area (Å²) >= 11 is 6.01. The third-order valence-corrected chi connectivity index (χ3v) is 4.24. The number of benzene rings is 1. The largest absolute Gasteiger partial charge is 0.440 e. The Hall–Kier alpha value is -1.02. The van der Waals surface area contributed by atoms with Gasteiger partial charge in [0.1, 0.15) is 5.52 Å². The topological polar surface area (TPSA) is 26.0 Å². The highest BCUT2D eigenvalue weighted by Crippen LogP contribution is 2.30. The fourth-order valence-electron chi connectivity index (χ4n) is 2.82. The molecule has 21 heavy (non-hydrogen) atoms. The minimum absolute atomic E-state index is 0.447. The maximum absolute atomic E-state index is 6.01. The molecule has 0 aliphatic rings. The Balaban J connectivity index is 2.01. The summed E-state index contributed by atoms with van der Waals surface area (Å²) in [7, 11) is 0. The van der Waals surface area contributed by atoms with E-state index < -0.39 is 0 Å². The molecule has 0 fully saturated rings. The van der Waals surface area contributed by atoms with Gasteiger partial charge in [0.05, 0.1) is 0 Å². The highest BCUT2D eigenvalue weighted by molar-refractivity contribution is 6.31. The molecule has 1 aromatic carbocycles. The van der Waals surface area contributed by atoms with Crippen LogP contribution >= 0.6 is 11.6 Å². The number of oxazole rings is 1. The van der Waals surface area contributed by atoms with E-state index in [1.165, 1.54) is 44.9 Å². The van der Waals surface area contributed by atoms with Gasteiger partial charge in [-0.15, -0.1) is 0 Å². The third-order valence-electron chi connectivity index (χ3n) is 4.01. The van der Waals surface area contributed by atoms with Gasteiger partial charge in [-0.05, 0) is 25.0 Å². The molecule has 0 bridgehead atoms. The molecule has 2 nitrogen and oxygen atoms in total. The van der Waals surface area contributed by atoms with Crippen molar-refractivity contribution < 1.29 is 4.42 Å². The lowest BCUT2D eigenvalue weighted by Gasteiger charge is -2.11. The van der Waals surface area contributed by atoms with Crippen LogP contribution in [0, 0.1) is 0 Å². The first-order chi connectivity index (χ1) is 10.2. The lowest BCUT2D eigenvalue weighted by molar-refractivity contribution is 0.416. The highest BCUT2D eigenvalue weighted by Gasteiger charge is 2.17. The summed E-state index contributed by atoms with van der Waals surface area (Å²) in [4.78, 5) is 4.66. The lowest BCUT2D eigenvalue weighted by atomic mass is 9.96. The van der Waals surface area contributed by atoms with E-state index in [1.54, 1.807) is 0 Å². The number of halogens is 1. The fraction of sp³-hybridized carbons (Fsp3) is 0.611. The van der Waals surface area contributed by atoms with Crippen LogP contribution < -0.4 is 0 Å². The van der Waals surface area contributed by atoms with E-state index in [1.807, 2.05) is 18.2 Å². The Morgan fingerprint density at radius 2 is 1.86 bits per heavy atom. The maximum atomic E-state index is 6.01. The molecule has 1 aromatic heterocycles. The van der Waals surface area contributed by atoms with Gasteiger partial charge in [-0.2, -0.15) is 0 Å². The van der Waals surface area contributed by atoms with Crippen molar-refractivity contribution in [1.82, 2.24) is 4.98 Å². The number of fused-ring (bicyclic) bond motifs is 1. The second-order valence-electron chi connectivity index (χ2n) is 5.85. The monoisotopic (exact) mass is 307 g/mol. The predicted octanol–water partition coefficient (Wildman–Crippen LogP) is 6.73. The minimum Gasteiger partial charge on any atom is -0.440 e. The van der Waals surface area contributed by atoms with Gasteiger partial charge in [-0.3, -0.25) is 0 Å². The van der Waals surface area contributed by atoms with Crippen molar-refractivity contribution in [1.29, 1.82) is 0 Å². The van der Waals surface area contributed by atoms with E-state index in [-0.39, 0.29) is 0 Å². The minimum atomic E-state index is 0.447. The molecule has 0 spiro atoms. The van der Waals surface area contributed by atoms with Crippen LogP contribution in [0.1, 0.15) is 77.0 Å². The Morgan fingerprint density at radius 3 is 2.62 bits per heavy atom. The Morgan fingerprint density at radius 1 is 1.05 bits per heavy atom. The Bertz CT molecular complexity index is 549.